The van der Waals surface area contributed by atoms with Crippen molar-refractivity contribution in [2.45, 2.75) is 45.6 Å². The van der Waals surface area contributed by atoms with Crippen molar-refractivity contribution in [3.05, 3.63) is 23.8 Å². The fourth-order valence-corrected chi connectivity index (χ4v) is 2.39. The maximum absolute atomic E-state index is 11.0. The first-order chi connectivity index (χ1) is 8.15. The van der Waals surface area contributed by atoms with Crippen molar-refractivity contribution in [2.24, 2.45) is 0 Å². The molecule has 2 rings (SSSR count). The van der Waals surface area contributed by atoms with Crippen molar-refractivity contribution in [1.29, 1.82) is 0 Å². The van der Waals surface area contributed by atoms with E-state index in [0.29, 0.717) is 6.04 Å². The van der Waals surface area contributed by atoms with Gasteiger partial charge in [0.15, 0.2) is 0 Å². The van der Waals surface area contributed by atoms with Gasteiger partial charge in [-0.2, -0.15) is 0 Å². The van der Waals surface area contributed by atoms with Crippen LogP contribution in [0.2, 0.25) is 0 Å². The van der Waals surface area contributed by atoms with Crippen molar-refractivity contribution >= 4 is 17.3 Å². The number of hydrogen-bond acceptors (Lipinski definition) is 2. The predicted octanol–water partition coefficient (Wildman–Crippen LogP) is 3.31. The van der Waals surface area contributed by atoms with Gasteiger partial charge in [-0.15, -0.1) is 0 Å². The van der Waals surface area contributed by atoms with Crippen LogP contribution in [0.15, 0.2) is 18.2 Å². The van der Waals surface area contributed by atoms with E-state index in [0.717, 1.165) is 16.9 Å². The van der Waals surface area contributed by atoms with Gasteiger partial charge in [0.05, 0.1) is 0 Å². The summed E-state index contributed by atoms with van der Waals surface area (Å²) in [7, 11) is 0. The third-order valence-corrected chi connectivity index (χ3v) is 3.26. The molecule has 0 unspecified atom stereocenters. The summed E-state index contributed by atoms with van der Waals surface area (Å²) in [6.45, 7) is 3.55. The van der Waals surface area contributed by atoms with Gasteiger partial charge in [-0.25, -0.2) is 0 Å². The van der Waals surface area contributed by atoms with Gasteiger partial charge in [-0.3, -0.25) is 4.79 Å². The molecule has 1 amide bonds. The minimum absolute atomic E-state index is 0.0235. The first-order valence-electron chi connectivity index (χ1n) is 6.30. The lowest BCUT2D eigenvalue weighted by molar-refractivity contribution is -0.114. The van der Waals surface area contributed by atoms with E-state index in [-0.39, 0.29) is 5.91 Å². The Labute approximate surface area is 103 Å². The Morgan fingerprint density at radius 3 is 2.59 bits per heavy atom. The molecule has 0 saturated heterocycles. The molecule has 1 saturated carbocycles. The SMILES string of the molecule is CC(=O)Nc1ccc(NC2CCCC2)cc1C. The van der Waals surface area contributed by atoms with Crippen LogP contribution in [0.1, 0.15) is 38.2 Å². The van der Waals surface area contributed by atoms with E-state index in [1.165, 1.54) is 32.6 Å². The maximum atomic E-state index is 11.0. The zero-order valence-electron chi connectivity index (χ0n) is 10.5. The van der Waals surface area contributed by atoms with E-state index in [9.17, 15) is 4.79 Å². The number of amides is 1. The van der Waals surface area contributed by atoms with Gasteiger partial charge in [0, 0.05) is 24.3 Å². The Balaban J connectivity index is 2.04. The topological polar surface area (TPSA) is 41.1 Å². The second kappa shape index (κ2) is 5.21. The molecule has 0 aliphatic heterocycles. The molecule has 0 heterocycles. The molecule has 1 aromatic rings. The molecule has 0 radical (unpaired) electrons. The van der Waals surface area contributed by atoms with E-state index in [2.05, 4.69) is 16.7 Å². The van der Waals surface area contributed by atoms with Crippen molar-refractivity contribution < 1.29 is 4.79 Å². The normalized spacial score (nSPS) is 15.9. The Morgan fingerprint density at radius 1 is 1.29 bits per heavy atom. The molecular weight excluding hydrogens is 212 g/mol. The van der Waals surface area contributed by atoms with E-state index in [4.69, 9.17) is 0 Å². The van der Waals surface area contributed by atoms with Gasteiger partial charge >= 0.3 is 0 Å². The molecule has 92 valence electrons. The molecule has 0 bridgehead atoms. The monoisotopic (exact) mass is 232 g/mol. The highest BCUT2D eigenvalue weighted by Gasteiger charge is 2.14. The van der Waals surface area contributed by atoms with Gasteiger partial charge in [-0.1, -0.05) is 12.8 Å². The van der Waals surface area contributed by atoms with Crippen LogP contribution in [0, 0.1) is 6.92 Å². The highest BCUT2D eigenvalue weighted by Crippen LogP contribution is 2.25. The fourth-order valence-electron chi connectivity index (χ4n) is 2.39. The Bertz CT molecular complexity index is 409. The smallest absolute Gasteiger partial charge is 0.221 e. The molecule has 1 aliphatic rings. The van der Waals surface area contributed by atoms with E-state index in [1.54, 1.807) is 0 Å². The van der Waals surface area contributed by atoms with E-state index in [1.807, 2.05) is 19.1 Å². The van der Waals surface area contributed by atoms with Crippen LogP contribution in [0.3, 0.4) is 0 Å². The molecule has 1 fully saturated rings. The van der Waals surface area contributed by atoms with E-state index < -0.39 is 0 Å². The maximum Gasteiger partial charge on any atom is 0.221 e. The van der Waals surface area contributed by atoms with Crippen molar-refractivity contribution in [3.63, 3.8) is 0 Å². The second-order valence-electron chi connectivity index (χ2n) is 4.84. The summed E-state index contributed by atoms with van der Waals surface area (Å²) in [6, 6.07) is 6.73. The average Bonchev–Trinajstić information content (AvgIpc) is 2.74. The minimum Gasteiger partial charge on any atom is -0.382 e. The molecule has 0 spiro atoms. The number of aryl methyl sites for hydroxylation is 1. The highest BCUT2D eigenvalue weighted by atomic mass is 16.1. The lowest BCUT2D eigenvalue weighted by Crippen LogP contribution is -2.14. The molecule has 1 aromatic carbocycles. The molecular formula is C14H20N2O. The van der Waals surface area contributed by atoms with Crippen LogP contribution in [0.5, 0.6) is 0 Å². The number of carbonyl (C=O) groups excluding carboxylic acids is 1. The van der Waals surface area contributed by atoms with Crippen LogP contribution in [0.25, 0.3) is 0 Å². The second-order valence-corrected chi connectivity index (χ2v) is 4.84. The number of rotatable bonds is 3. The summed E-state index contributed by atoms with van der Waals surface area (Å²) >= 11 is 0. The predicted molar refractivity (Wildman–Crippen MR) is 71.4 cm³/mol. The summed E-state index contributed by atoms with van der Waals surface area (Å²) in [5.41, 5.74) is 3.15. The average molecular weight is 232 g/mol. The number of carbonyl (C=O) groups is 1. The quantitative estimate of drug-likeness (QED) is 0.839. The highest BCUT2D eigenvalue weighted by molar-refractivity contribution is 5.89. The first kappa shape index (κ1) is 12.0. The number of nitrogens with one attached hydrogen (secondary N) is 2. The third kappa shape index (κ3) is 3.22. The van der Waals surface area contributed by atoms with E-state index >= 15 is 0 Å². The Morgan fingerprint density at radius 2 is 2.00 bits per heavy atom. The fraction of sp³-hybridized carbons (Fsp3) is 0.500. The molecule has 17 heavy (non-hydrogen) atoms. The lowest BCUT2D eigenvalue weighted by Gasteiger charge is -2.15. The van der Waals surface area contributed by atoms with Crippen molar-refractivity contribution in [2.75, 3.05) is 10.6 Å². The summed E-state index contributed by atoms with van der Waals surface area (Å²) in [6.07, 6.45) is 5.21. The number of hydrogen-bond donors (Lipinski definition) is 2. The lowest BCUT2D eigenvalue weighted by atomic mass is 10.1. The summed E-state index contributed by atoms with van der Waals surface area (Å²) in [5, 5.41) is 6.38. The van der Waals surface area contributed by atoms with Crippen LogP contribution in [0.4, 0.5) is 11.4 Å². The van der Waals surface area contributed by atoms with Gasteiger partial charge < -0.3 is 10.6 Å². The van der Waals surface area contributed by atoms with Crippen LogP contribution in [-0.2, 0) is 4.79 Å². The minimum atomic E-state index is -0.0235. The van der Waals surface area contributed by atoms with Crippen LogP contribution >= 0.6 is 0 Å². The number of anilines is 2. The van der Waals surface area contributed by atoms with Gasteiger partial charge in [0.1, 0.15) is 0 Å². The zero-order valence-corrected chi connectivity index (χ0v) is 10.5. The summed E-state index contributed by atoms with van der Waals surface area (Å²) in [5.74, 6) is -0.0235. The molecule has 0 atom stereocenters. The standard InChI is InChI=1S/C14H20N2O/c1-10-9-13(16-12-5-3-4-6-12)7-8-14(10)15-11(2)17/h7-9,12,16H,3-6H2,1-2H3,(H,15,17). The van der Waals surface area contributed by atoms with Crippen molar-refractivity contribution in [3.8, 4) is 0 Å². The zero-order chi connectivity index (χ0) is 12.3. The van der Waals surface area contributed by atoms with Crippen LogP contribution < -0.4 is 10.6 Å². The van der Waals surface area contributed by atoms with Gasteiger partial charge in [0.25, 0.3) is 0 Å². The van der Waals surface area contributed by atoms with Crippen LogP contribution in [-0.4, -0.2) is 11.9 Å². The van der Waals surface area contributed by atoms with Gasteiger partial charge in [0.2, 0.25) is 5.91 Å². The molecule has 0 aromatic heterocycles. The summed E-state index contributed by atoms with van der Waals surface area (Å²) < 4.78 is 0. The molecule has 1 aliphatic carbocycles. The largest absolute Gasteiger partial charge is 0.382 e. The molecule has 2 N–H and O–H groups in total. The number of benzene rings is 1. The third-order valence-electron chi connectivity index (χ3n) is 3.26. The van der Waals surface area contributed by atoms with Gasteiger partial charge in [-0.05, 0) is 43.5 Å². The Hall–Kier alpha value is -1.51. The molecule has 3 heteroatoms. The summed E-state index contributed by atoms with van der Waals surface area (Å²) in [4.78, 5) is 11.0. The Kier molecular flexibility index (Phi) is 3.67. The first-order valence-corrected chi connectivity index (χ1v) is 6.30. The van der Waals surface area contributed by atoms with Crippen molar-refractivity contribution in [1.82, 2.24) is 0 Å². The molecule has 3 nitrogen and oxygen atoms in total.